The molecule has 148 valence electrons. The van der Waals surface area contributed by atoms with Gasteiger partial charge in [0.1, 0.15) is 0 Å². The molecule has 27 heavy (non-hydrogen) atoms. The van der Waals surface area contributed by atoms with Gasteiger partial charge in [0.15, 0.2) is 0 Å². The number of aliphatic carboxylic acids is 2. The first-order chi connectivity index (χ1) is 12.3. The van der Waals surface area contributed by atoms with E-state index < -0.39 is 47.5 Å². The van der Waals surface area contributed by atoms with Gasteiger partial charge in [0.25, 0.3) is 0 Å². The largest absolute Gasteiger partial charge is 2.00 e. The van der Waals surface area contributed by atoms with Crippen LogP contribution >= 0.6 is 0 Å². The molecular formula is C18H26CdO8. The van der Waals surface area contributed by atoms with Crippen molar-refractivity contribution in [2.45, 2.75) is 51.4 Å². The molecule has 2 saturated carbocycles. The summed E-state index contributed by atoms with van der Waals surface area (Å²) in [6, 6.07) is 0. The summed E-state index contributed by atoms with van der Waals surface area (Å²) in [5, 5.41) is 21.3. The van der Waals surface area contributed by atoms with Crippen LogP contribution in [0, 0.1) is 23.7 Å². The predicted molar refractivity (Wildman–Crippen MR) is 84.9 cm³/mol. The van der Waals surface area contributed by atoms with Crippen LogP contribution in [-0.2, 0) is 56.0 Å². The molecule has 0 bridgehead atoms. The van der Waals surface area contributed by atoms with E-state index >= 15 is 0 Å². The van der Waals surface area contributed by atoms with E-state index in [1.54, 1.807) is 0 Å². The van der Waals surface area contributed by atoms with E-state index in [2.05, 4.69) is 9.47 Å². The maximum atomic E-state index is 11.2. The summed E-state index contributed by atoms with van der Waals surface area (Å²) >= 11 is 0. The van der Waals surface area contributed by atoms with E-state index in [4.69, 9.17) is 0 Å². The quantitative estimate of drug-likeness (QED) is 0.384. The molecule has 0 saturated heterocycles. The molecule has 4 atom stereocenters. The molecule has 8 nitrogen and oxygen atoms in total. The number of esters is 2. The molecule has 0 aromatic rings. The molecule has 2 fully saturated rings. The minimum atomic E-state index is -1.13. The number of carbonyl (C=O) groups is 4. The van der Waals surface area contributed by atoms with Crippen molar-refractivity contribution in [2.24, 2.45) is 23.7 Å². The van der Waals surface area contributed by atoms with Crippen LogP contribution in [0.3, 0.4) is 0 Å². The predicted octanol–water partition coefficient (Wildman–Crippen LogP) is -0.571. The average Bonchev–Trinajstić information content (AvgIpc) is 2.67. The molecule has 0 N–H and O–H groups in total. The Morgan fingerprint density at radius 3 is 1.11 bits per heavy atom. The van der Waals surface area contributed by atoms with Gasteiger partial charge in [-0.15, -0.1) is 0 Å². The minimum absolute atomic E-state index is 0. The van der Waals surface area contributed by atoms with Crippen molar-refractivity contribution in [1.82, 2.24) is 0 Å². The Bertz CT molecular complexity index is 475. The molecule has 0 aromatic heterocycles. The second-order valence-corrected chi connectivity index (χ2v) is 6.68. The van der Waals surface area contributed by atoms with Crippen LogP contribution in [0.4, 0.5) is 0 Å². The van der Waals surface area contributed by atoms with Crippen LogP contribution in [0.5, 0.6) is 0 Å². The third-order valence-corrected chi connectivity index (χ3v) is 5.15. The zero-order valence-corrected chi connectivity index (χ0v) is 20.0. The second kappa shape index (κ2) is 13.1. The molecule has 4 unspecified atom stereocenters. The van der Waals surface area contributed by atoms with Crippen molar-refractivity contribution in [2.75, 3.05) is 14.2 Å². The van der Waals surface area contributed by atoms with Gasteiger partial charge in [0.2, 0.25) is 0 Å². The number of hydrogen-bond donors (Lipinski definition) is 0. The van der Waals surface area contributed by atoms with Crippen molar-refractivity contribution in [3.8, 4) is 0 Å². The summed E-state index contributed by atoms with van der Waals surface area (Å²) in [6.45, 7) is 0. The summed E-state index contributed by atoms with van der Waals surface area (Å²) in [4.78, 5) is 43.7. The Morgan fingerprint density at radius 2 is 0.889 bits per heavy atom. The SMILES string of the molecule is COC(=O)C1CCCCC1C(=O)[O-].COC(=O)C1CCCCC1C(=O)[O-].[Cd+2]. The van der Waals surface area contributed by atoms with Crippen LogP contribution < -0.4 is 10.2 Å². The van der Waals surface area contributed by atoms with E-state index in [1.807, 2.05) is 0 Å². The first-order valence-corrected chi connectivity index (χ1v) is 8.90. The van der Waals surface area contributed by atoms with Crippen LogP contribution in [-0.4, -0.2) is 38.1 Å². The molecule has 0 aromatic carbocycles. The average molecular weight is 483 g/mol. The van der Waals surface area contributed by atoms with E-state index in [0.29, 0.717) is 25.7 Å². The Morgan fingerprint density at radius 1 is 0.630 bits per heavy atom. The van der Waals surface area contributed by atoms with Crippen molar-refractivity contribution in [3.63, 3.8) is 0 Å². The van der Waals surface area contributed by atoms with Gasteiger partial charge in [0.05, 0.1) is 26.1 Å². The van der Waals surface area contributed by atoms with Crippen molar-refractivity contribution < 1.29 is 66.2 Å². The number of methoxy groups -OCH3 is 2. The van der Waals surface area contributed by atoms with Gasteiger partial charge in [0, 0.05) is 23.8 Å². The van der Waals surface area contributed by atoms with Crippen LogP contribution in [0.25, 0.3) is 0 Å². The Balaban J connectivity index is 0.000000483. The molecule has 2 aliphatic rings. The molecule has 2 aliphatic carbocycles. The number of ether oxygens (including phenoxy) is 2. The molecule has 2 rings (SSSR count). The fraction of sp³-hybridized carbons (Fsp3) is 0.778. The van der Waals surface area contributed by atoms with E-state index in [-0.39, 0.29) is 27.3 Å². The number of carbonyl (C=O) groups excluding carboxylic acids is 4. The molecule has 0 heterocycles. The summed E-state index contributed by atoms with van der Waals surface area (Å²) < 4.78 is 9.08. The number of rotatable bonds is 4. The fourth-order valence-corrected chi connectivity index (χ4v) is 3.69. The maximum absolute atomic E-state index is 11.2. The van der Waals surface area contributed by atoms with Crippen molar-refractivity contribution in [1.29, 1.82) is 0 Å². The van der Waals surface area contributed by atoms with Crippen molar-refractivity contribution in [3.05, 3.63) is 0 Å². The van der Waals surface area contributed by atoms with Gasteiger partial charge in [-0.1, -0.05) is 25.7 Å². The van der Waals surface area contributed by atoms with E-state index in [9.17, 15) is 29.4 Å². The van der Waals surface area contributed by atoms with Gasteiger partial charge in [-0.3, -0.25) is 9.59 Å². The summed E-state index contributed by atoms with van der Waals surface area (Å²) in [7, 11) is 2.56. The van der Waals surface area contributed by atoms with Gasteiger partial charge in [-0.05, 0) is 25.7 Å². The smallest absolute Gasteiger partial charge is 0.550 e. The van der Waals surface area contributed by atoms with Gasteiger partial charge < -0.3 is 29.3 Å². The summed E-state index contributed by atoms with van der Waals surface area (Å²) in [5.74, 6) is -5.40. The fourth-order valence-electron chi connectivity index (χ4n) is 3.69. The second-order valence-electron chi connectivity index (χ2n) is 6.68. The normalized spacial score (nSPS) is 27.0. The standard InChI is InChI=1S/2C9H14O4.Cd/c2*1-13-9(12)7-5-3-2-4-6(7)8(10)11;/h2*6-7H,2-5H2,1H3,(H,10,11);/q;;+2/p-2. The monoisotopic (exact) mass is 484 g/mol. The van der Waals surface area contributed by atoms with Crippen LogP contribution in [0.15, 0.2) is 0 Å². The van der Waals surface area contributed by atoms with Crippen LogP contribution in [0.1, 0.15) is 51.4 Å². The number of carboxylic acid groups (broad SMARTS) is 2. The molecule has 0 spiro atoms. The summed E-state index contributed by atoms with van der Waals surface area (Å²) in [5.41, 5.74) is 0. The number of carboxylic acids is 2. The van der Waals surface area contributed by atoms with E-state index in [0.717, 1.165) is 25.7 Å². The third kappa shape index (κ3) is 7.75. The zero-order chi connectivity index (χ0) is 19.7. The molecule has 9 heteroatoms. The van der Waals surface area contributed by atoms with Gasteiger partial charge >= 0.3 is 39.2 Å². The Hall–Kier alpha value is -1.20. The maximum Gasteiger partial charge on any atom is 2.00 e. The molecule has 0 aliphatic heterocycles. The zero-order valence-electron chi connectivity index (χ0n) is 15.9. The van der Waals surface area contributed by atoms with Gasteiger partial charge in [-0.2, -0.15) is 0 Å². The van der Waals surface area contributed by atoms with Crippen molar-refractivity contribution >= 4 is 23.9 Å². The van der Waals surface area contributed by atoms with Gasteiger partial charge in [-0.25, -0.2) is 0 Å². The van der Waals surface area contributed by atoms with E-state index in [1.165, 1.54) is 14.2 Å². The molecular weight excluding hydrogens is 457 g/mol. The topological polar surface area (TPSA) is 133 Å². The summed E-state index contributed by atoms with van der Waals surface area (Å²) in [6.07, 6.45) is 5.76. The number of hydrogen-bond acceptors (Lipinski definition) is 8. The molecule has 0 amide bonds. The Labute approximate surface area is 179 Å². The Kier molecular flexibility index (Phi) is 12.5. The molecule has 0 radical (unpaired) electrons. The first kappa shape index (κ1) is 25.8. The third-order valence-electron chi connectivity index (χ3n) is 5.15. The van der Waals surface area contributed by atoms with Crippen LogP contribution in [0.2, 0.25) is 0 Å². The minimum Gasteiger partial charge on any atom is -0.550 e. The first-order valence-electron chi connectivity index (χ1n) is 8.90.